The van der Waals surface area contributed by atoms with Crippen molar-refractivity contribution in [2.75, 3.05) is 0 Å². The first-order valence-electron chi connectivity index (χ1n) is 4.31. The first-order chi connectivity index (χ1) is 5.11. The van der Waals surface area contributed by atoms with E-state index in [1.807, 2.05) is 6.92 Å². The molecule has 0 aromatic carbocycles. The molecular weight excluding hydrogens is 136 g/mol. The van der Waals surface area contributed by atoms with Crippen LogP contribution in [0, 0.1) is 5.92 Å². The van der Waals surface area contributed by atoms with Crippen LogP contribution in [0.1, 0.15) is 40.0 Å². The zero-order chi connectivity index (χ0) is 8.43. The average molecular weight is 152 g/mol. The van der Waals surface area contributed by atoms with Crippen LogP contribution in [-0.4, -0.2) is 5.78 Å². The van der Waals surface area contributed by atoms with Crippen LogP contribution < -0.4 is 0 Å². The van der Waals surface area contributed by atoms with Gasteiger partial charge in [0.15, 0.2) is 5.78 Å². The SMILES string of the molecule is CC1=C(C)C(=O)CCC(C)C1. The lowest BCUT2D eigenvalue weighted by Crippen LogP contribution is -1.98. The molecule has 1 aliphatic carbocycles. The molecule has 1 aliphatic rings. The highest BCUT2D eigenvalue weighted by Crippen LogP contribution is 2.24. The molecule has 0 saturated carbocycles. The predicted octanol–water partition coefficient (Wildman–Crippen LogP) is 2.71. The van der Waals surface area contributed by atoms with Gasteiger partial charge in [0.05, 0.1) is 0 Å². The van der Waals surface area contributed by atoms with Crippen molar-refractivity contribution in [3.05, 3.63) is 11.1 Å². The summed E-state index contributed by atoms with van der Waals surface area (Å²) in [6, 6.07) is 0. The van der Waals surface area contributed by atoms with Crippen LogP contribution >= 0.6 is 0 Å². The molecule has 0 bridgehead atoms. The van der Waals surface area contributed by atoms with E-state index in [0.717, 1.165) is 24.8 Å². The van der Waals surface area contributed by atoms with Gasteiger partial charge in [-0.15, -0.1) is 0 Å². The Kier molecular flexibility index (Phi) is 2.48. The Morgan fingerprint density at radius 1 is 1.36 bits per heavy atom. The number of rotatable bonds is 0. The predicted molar refractivity (Wildman–Crippen MR) is 46.4 cm³/mol. The fraction of sp³-hybridized carbons (Fsp3) is 0.700. The Balaban J connectivity index is 2.82. The molecule has 0 radical (unpaired) electrons. The van der Waals surface area contributed by atoms with E-state index in [1.165, 1.54) is 5.57 Å². The minimum Gasteiger partial charge on any atom is -0.295 e. The van der Waals surface area contributed by atoms with Gasteiger partial charge in [-0.25, -0.2) is 0 Å². The summed E-state index contributed by atoms with van der Waals surface area (Å²) in [6.45, 7) is 6.25. The van der Waals surface area contributed by atoms with Gasteiger partial charge in [-0.2, -0.15) is 0 Å². The van der Waals surface area contributed by atoms with Crippen LogP contribution in [-0.2, 0) is 4.79 Å². The van der Waals surface area contributed by atoms with Crippen LogP contribution in [0.25, 0.3) is 0 Å². The van der Waals surface area contributed by atoms with Gasteiger partial charge < -0.3 is 0 Å². The smallest absolute Gasteiger partial charge is 0.158 e. The van der Waals surface area contributed by atoms with Gasteiger partial charge in [0.2, 0.25) is 0 Å². The van der Waals surface area contributed by atoms with Gasteiger partial charge in [0.25, 0.3) is 0 Å². The summed E-state index contributed by atoms with van der Waals surface area (Å²) in [6.07, 6.45) is 2.93. The molecule has 11 heavy (non-hydrogen) atoms. The van der Waals surface area contributed by atoms with Crippen molar-refractivity contribution in [2.24, 2.45) is 5.92 Å². The summed E-state index contributed by atoms with van der Waals surface area (Å²) < 4.78 is 0. The molecule has 1 nitrogen and oxygen atoms in total. The molecule has 0 spiro atoms. The standard InChI is InChI=1S/C10H16O/c1-7-4-5-10(11)9(3)8(2)6-7/h7H,4-6H2,1-3H3. The van der Waals surface area contributed by atoms with Gasteiger partial charge in [0.1, 0.15) is 0 Å². The largest absolute Gasteiger partial charge is 0.295 e. The molecule has 0 aromatic rings. The molecule has 0 aromatic heterocycles. The van der Waals surface area contributed by atoms with E-state index in [0.29, 0.717) is 11.7 Å². The van der Waals surface area contributed by atoms with Crippen LogP contribution in [0.4, 0.5) is 0 Å². The number of hydrogen-bond donors (Lipinski definition) is 0. The number of ketones is 1. The molecule has 1 heteroatoms. The molecule has 1 rings (SSSR count). The minimum absolute atomic E-state index is 0.354. The van der Waals surface area contributed by atoms with Crippen molar-refractivity contribution in [2.45, 2.75) is 40.0 Å². The molecule has 0 aliphatic heterocycles. The van der Waals surface area contributed by atoms with Gasteiger partial charge in [0, 0.05) is 6.42 Å². The van der Waals surface area contributed by atoms with Gasteiger partial charge >= 0.3 is 0 Å². The van der Waals surface area contributed by atoms with Gasteiger partial charge in [-0.3, -0.25) is 4.79 Å². The Morgan fingerprint density at radius 2 is 2.00 bits per heavy atom. The van der Waals surface area contributed by atoms with E-state index >= 15 is 0 Å². The number of hydrogen-bond acceptors (Lipinski definition) is 1. The van der Waals surface area contributed by atoms with Crippen LogP contribution in [0.15, 0.2) is 11.1 Å². The topological polar surface area (TPSA) is 17.1 Å². The third-order valence-electron chi connectivity index (χ3n) is 2.58. The van der Waals surface area contributed by atoms with Crippen molar-refractivity contribution in [3.63, 3.8) is 0 Å². The minimum atomic E-state index is 0.354. The molecule has 1 unspecified atom stereocenters. The maximum atomic E-state index is 11.3. The zero-order valence-corrected chi connectivity index (χ0v) is 7.61. The third-order valence-corrected chi connectivity index (χ3v) is 2.58. The van der Waals surface area contributed by atoms with E-state index < -0.39 is 0 Å². The molecule has 0 amide bonds. The quantitative estimate of drug-likeness (QED) is 0.521. The Labute approximate surface area is 68.5 Å². The first kappa shape index (κ1) is 8.51. The van der Waals surface area contributed by atoms with E-state index in [2.05, 4.69) is 13.8 Å². The molecule has 1 atom stereocenters. The maximum Gasteiger partial charge on any atom is 0.158 e. The van der Waals surface area contributed by atoms with Crippen LogP contribution in [0.3, 0.4) is 0 Å². The lowest BCUT2D eigenvalue weighted by atomic mass is 10.00. The maximum absolute atomic E-state index is 11.3. The third kappa shape index (κ3) is 1.92. The molecule has 0 saturated heterocycles. The molecule has 0 fully saturated rings. The second kappa shape index (κ2) is 3.21. The lowest BCUT2D eigenvalue weighted by molar-refractivity contribution is -0.115. The summed E-state index contributed by atoms with van der Waals surface area (Å²) in [5.41, 5.74) is 2.30. The fourth-order valence-electron chi connectivity index (χ4n) is 1.58. The number of Topliss-reactive ketones (excluding diaryl/α,β-unsaturated/α-hetero) is 1. The summed E-state index contributed by atoms with van der Waals surface area (Å²) in [5.74, 6) is 1.04. The van der Waals surface area contributed by atoms with Crippen molar-refractivity contribution in [1.29, 1.82) is 0 Å². The summed E-state index contributed by atoms with van der Waals surface area (Å²) >= 11 is 0. The Bertz CT molecular complexity index is 201. The number of carbonyl (C=O) groups is 1. The summed E-state index contributed by atoms with van der Waals surface area (Å²) in [5, 5.41) is 0. The van der Waals surface area contributed by atoms with Crippen LogP contribution in [0.5, 0.6) is 0 Å². The second-order valence-electron chi connectivity index (χ2n) is 3.68. The second-order valence-corrected chi connectivity index (χ2v) is 3.68. The number of allylic oxidation sites excluding steroid dienone is 2. The molecule has 62 valence electrons. The van der Waals surface area contributed by atoms with Crippen molar-refractivity contribution in [1.82, 2.24) is 0 Å². The highest BCUT2D eigenvalue weighted by molar-refractivity contribution is 5.95. The van der Waals surface area contributed by atoms with Gasteiger partial charge in [-0.05, 0) is 38.2 Å². The highest BCUT2D eigenvalue weighted by atomic mass is 16.1. The van der Waals surface area contributed by atoms with Crippen molar-refractivity contribution >= 4 is 5.78 Å². The van der Waals surface area contributed by atoms with E-state index in [4.69, 9.17) is 0 Å². The summed E-state index contributed by atoms with van der Waals surface area (Å²) in [7, 11) is 0. The molecule has 0 N–H and O–H groups in total. The van der Waals surface area contributed by atoms with E-state index in [9.17, 15) is 4.79 Å². The Hall–Kier alpha value is -0.590. The van der Waals surface area contributed by atoms with Crippen molar-refractivity contribution < 1.29 is 4.79 Å². The van der Waals surface area contributed by atoms with E-state index in [1.54, 1.807) is 0 Å². The average Bonchev–Trinajstić information content (AvgIpc) is 2.05. The summed E-state index contributed by atoms with van der Waals surface area (Å²) in [4.78, 5) is 11.3. The van der Waals surface area contributed by atoms with Gasteiger partial charge in [-0.1, -0.05) is 12.5 Å². The first-order valence-corrected chi connectivity index (χ1v) is 4.31. The number of carbonyl (C=O) groups excluding carboxylic acids is 1. The fourth-order valence-corrected chi connectivity index (χ4v) is 1.58. The van der Waals surface area contributed by atoms with Crippen LogP contribution in [0.2, 0.25) is 0 Å². The normalized spacial score (nSPS) is 27.2. The van der Waals surface area contributed by atoms with Crippen molar-refractivity contribution in [3.8, 4) is 0 Å². The monoisotopic (exact) mass is 152 g/mol. The molecular formula is C10H16O. The Morgan fingerprint density at radius 3 is 2.64 bits per heavy atom. The lowest BCUT2D eigenvalue weighted by Gasteiger charge is -2.05. The van der Waals surface area contributed by atoms with E-state index in [-0.39, 0.29) is 0 Å². The zero-order valence-electron chi connectivity index (χ0n) is 7.61. The highest BCUT2D eigenvalue weighted by Gasteiger charge is 2.16. The molecule has 0 heterocycles.